The highest BCUT2D eigenvalue weighted by Gasteiger charge is 2.23. The minimum absolute atomic E-state index is 0.874. The molecule has 0 aromatic heterocycles. The average Bonchev–Trinajstić information content (AvgIpc) is 1.88. The highest BCUT2D eigenvalue weighted by molar-refractivity contribution is 6.78. The molecule has 68 valence electrons. The summed E-state index contributed by atoms with van der Waals surface area (Å²) in [6, 6.07) is 4.27. The summed E-state index contributed by atoms with van der Waals surface area (Å²) in [5.41, 5.74) is 5.61. The van der Waals surface area contributed by atoms with Crippen LogP contribution in [0, 0.1) is 0 Å². The van der Waals surface area contributed by atoms with E-state index in [4.69, 9.17) is 5.73 Å². The van der Waals surface area contributed by atoms with Crippen LogP contribution in [0.25, 0.3) is 0 Å². The molecule has 0 amide bonds. The van der Waals surface area contributed by atoms with Gasteiger partial charge in [0, 0.05) is 0 Å². The predicted octanol–water partition coefficient (Wildman–Crippen LogP) is 2.84. The summed E-state index contributed by atoms with van der Waals surface area (Å²) >= 11 is 0. The van der Waals surface area contributed by atoms with Crippen LogP contribution in [0.3, 0.4) is 0 Å². The van der Waals surface area contributed by atoms with Gasteiger partial charge in [-0.3, -0.25) is 0 Å². The standard InChI is InChI=1S/C9H23NSi/c1-4-7-11(3,8-5-2)9-6-10/h4-10H2,1-3H3. The summed E-state index contributed by atoms with van der Waals surface area (Å²) in [5.74, 6) is 0. The maximum absolute atomic E-state index is 5.61. The third kappa shape index (κ3) is 4.59. The van der Waals surface area contributed by atoms with Crippen molar-refractivity contribution in [2.75, 3.05) is 6.54 Å². The fraction of sp³-hybridized carbons (Fsp3) is 1.00. The Morgan fingerprint density at radius 2 is 1.45 bits per heavy atom. The van der Waals surface area contributed by atoms with E-state index in [0.717, 1.165) is 6.54 Å². The largest absolute Gasteiger partial charge is 0.331 e. The maximum atomic E-state index is 5.61. The molecule has 0 aliphatic rings. The fourth-order valence-corrected chi connectivity index (χ4v) is 5.79. The molecule has 0 aliphatic heterocycles. The van der Waals surface area contributed by atoms with Crippen LogP contribution in [0.2, 0.25) is 24.7 Å². The van der Waals surface area contributed by atoms with Crippen molar-refractivity contribution in [2.45, 2.75) is 51.4 Å². The van der Waals surface area contributed by atoms with Gasteiger partial charge in [-0.2, -0.15) is 0 Å². The number of hydrogen-bond acceptors (Lipinski definition) is 1. The molecule has 0 spiro atoms. The molecule has 2 heteroatoms. The molecule has 11 heavy (non-hydrogen) atoms. The SMILES string of the molecule is CCC[Si](C)(CCC)CCN. The van der Waals surface area contributed by atoms with Crippen LogP contribution >= 0.6 is 0 Å². The Morgan fingerprint density at radius 3 is 1.73 bits per heavy atom. The van der Waals surface area contributed by atoms with E-state index in [-0.39, 0.29) is 0 Å². The van der Waals surface area contributed by atoms with Crippen LogP contribution < -0.4 is 5.73 Å². The molecule has 0 unspecified atom stereocenters. The molecule has 0 bridgehead atoms. The molecule has 0 saturated heterocycles. The lowest BCUT2D eigenvalue weighted by molar-refractivity contribution is 0.942. The Bertz CT molecular complexity index is 76.5. The third-order valence-electron chi connectivity index (χ3n) is 2.45. The Hall–Kier alpha value is 0.177. The van der Waals surface area contributed by atoms with Crippen molar-refractivity contribution >= 4 is 8.07 Å². The van der Waals surface area contributed by atoms with E-state index in [1.165, 1.54) is 31.0 Å². The van der Waals surface area contributed by atoms with Gasteiger partial charge in [-0.1, -0.05) is 45.3 Å². The smallest absolute Gasteiger partial charge is 0.0517 e. The van der Waals surface area contributed by atoms with Crippen molar-refractivity contribution < 1.29 is 0 Å². The van der Waals surface area contributed by atoms with Crippen molar-refractivity contribution in [1.29, 1.82) is 0 Å². The van der Waals surface area contributed by atoms with E-state index in [0.29, 0.717) is 0 Å². The lowest BCUT2D eigenvalue weighted by atomic mass is 10.6. The molecule has 0 saturated carbocycles. The molecular formula is C9H23NSi. The van der Waals surface area contributed by atoms with Gasteiger partial charge in [-0.25, -0.2) is 0 Å². The molecule has 0 fully saturated rings. The summed E-state index contributed by atoms with van der Waals surface area (Å²) in [5, 5.41) is 0. The first-order chi connectivity index (χ1) is 5.18. The molecule has 0 radical (unpaired) electrons. The zero-order valence-electron chi connectivity index (χ0n) is 8.32. The van der Waals surface area contributed by atoms with E-state index in [9.17, 15) is 0 Å². The molecule has 1 nitrogen and oxygen atoms in total. The van der Waals surface area contributed by atoms with E-state index in [2.05, 4.69) is 20.4 Å². The molecule has 0 aromatic carbocycles. The minimum atomic E-state index is -0.874. The highest BCUT2D eigenvalue weighted by atomic mass is 28.3. The van der Waals surface area contributed by atoms with Crippen LogP contribution in [0.1, 0.15) is 26.7 Å². The molecule has 0 atom stereocenters. The van der Waals surface area contributed by atoms with Crippen molar-refractivity contribution in [2.24, 2.45) is 5.73 Å². The van der Waals surface area contributed by atoms with Gasteiger partial charge >= 0.3 is 0 Å². The second kappa shape index (κ2) is 5.78. The predicted molar refractivity (Wildman–Crippen MR) is 55.7 cm³/mol. The Kier molecular flexibility index (Phi) is 5.87. The van der Waals surface area contributed by atoms with Gasteiger partial charge in [0.15, 0.2) is 0 Å². The summed E-state index contributed by atoms with van der Waals surface area (Å²) in [4.78, 5) is 0. The second-order valence-corrected chi connectivity index (χ2v) is 8.97. The van der Waals surface area contributed by atoms with Crippen LogP contribution in [0.4, 0.5) is 0 Å². The number of rotatable bonds is 6. The van der Waals surface area contributed by atoms with Crippen molar-refractivity contribution in [1.82, 2.24) is 0 Å². The highest BCUT2D eigenvalue weighted by Crippen LogP contribution is 2.23. The number of hydrogen-bond donors (Lipinski definition) is 1. The van der Waals surface area contributed by atoms with Crippen LogP contribution in [-0.2, 0) is 0 Å². The zero-order chi connectivity index (χ0) is 8.74. The first-order valence-corrected chi connectivity index (χ1v) is 8.00. The van der Waals surface area contributed by atoms with Gasteiger partial charge in [0.2, 0.25) is 0 Å². The van der Waals surface area contributed by atoms with Gasteiger partial charge in [0.25, 0.3) is 0 Å². The molecule has 2 N–H and O–H groups in total. The normalized spacial score (nSPS) is 12.0. The van der Waals surface area contributed by atoms with Gasteiger partial charge in [-0.15, -0.1) is 0 Å². The van der Waals surface area contributed by atoms with Gasteiger partial charge < -0.3 is 5.73 Å². The third-order valence-corrected chi connectivity index (χ3v) is 7.36. The zero-order valence-corrected chi connectivity index (χ0v) is 9.32. The lowest BCUT2D eigenvalue weighted by Crippen LogP contribution is -2.31. The second-order valence-electron chi connectivity index (χ2n) is 3.85. The van der Waals surface area contributed by atoms with E-state index < -0.39 is 8.07 Å². The summed E-state index contributed by atoms with van der Waals surface area (Å²) < 4.78 is 0. The topological polar surface area (TPSA) is 26.0 Å². The monoisotopic (exact) mass is 173 g/mol. The first kappa shape index (κ1) is 11.2. The quantitative estimate of drug-likeness (QED) is 0.614. The number of nitrogens with two attached hydrogens (primary N) is 1. The van der Waals surface area contributed by atoms with Crippen LogP contribution in [0.5, 0.6) is 0 Å². The molecular weight excluding hydrogens is 150 g/mol. The summed E-state index contributed by atoms with van der Waals surface area (Å²) in [6.45, 7) is 7.99. The molecule has 0 aromatic rings. The molecule has 0 heterocycles. The maximum Gasteiger partial charge on any atom is 0.0517 e. The minimum Gasteiger partial charge on any atom is -0.331 e. The Balaban J connectivity index is 3.79. The van der Waals surface area contributed by atoms with Gasteiger partial charge in [-0.05, 0) is 12.6 Å². The Labute approximate surface area is 72.4 Å². The Morgan fingerprint density at radius 1 is 1.00 bits per heavy atom. The van der Waals surface area contributed by atoms with E-state index in [1.54, 1.807) is 0 Å². The van der Waals surface area contributed by atoms with E-state index >= 15 is 0 Å². The molecule has 0 aliphatic carbocycles. The van der Waals surface area contributed by atoms with Crippen molar-refractivity contribution in [3.05, 3.63) is 0 Å². The van der Waals surface area contributed by atoms with Crippen LogP contribution in [0.15, 0.2) is 0 Å². The molecule has 0 rings (SSSR count). The summed E-state index contributed by atoms with van der Waals surface area (Å²) in [6.07, 6.45) is 2.70. The van der Waals surface area contributed by atoms with Crippen molar-refractivity contribution in [3.8, 4) is 0 Å². The van der Waals surface area contributed by atoms with Gasteiger partial charge in [0.05, 0.1) is 8.07 Å². The van der Waals surface area contributed by atoms with Crippen LogP contribution in [-0.4, -0.2) is 14.6 Å². The lowest BCUT2D eigenvalue weighted by Gasteiger charge is -2.25. The van der Waals surface area contributed by atoms with E-state index in [1.807, 2.05) is 0 Å². The average molecular weight is 173 g/mol. The summed E-state index contributed by atoms with van der Waals surface area (Å²) in [7, 11) is -0.874. The first-order valence-electron chi connectivity index (χ1n) is 4.88. The fourth-order valence-electron chi connectivity index (χ4n) is 1.93. The van der Waals surface area contributed by atoms with Gasteiger partial charge in [0.1, 0.15) is 0 Å². The van der Waals surface area contributed by atoms with Crippen molar-refractivity contribution in [3.63, 3.8) is 0 Å².